The molecule has 0 aromatic heterocycles. The van der Waals surface area contributed by atoms with E-state index in [-0.39, 0.29) is 37.7 Å². The molecular weight excluding hydrogens is 844 g/mol. The molecule has 0 radical (unpaired) electrons. The van der Waals surface area contributed by atoms with Crippen LogP contribution < -0.4 is 4.90 Å². The largest absolute Gasteiger partial charge is 0.458 e. The molecule has 0 N–H and O–H groups in total. The van der Waals surface area contributed by atoms with E-state index in [4.69, 9.17) is 23.7 Å². The van der Waals surface area contributed by atoms with Crippen LogP contribution in [0.25, 0.3) is 0 Å². The number of anilines is 1. The van der Waals surface area contributed by atoms with Crippen molar-refractivity contribution >= 4 is 47.8 Å². The summed E-state index contributed by atoms with van der Waals surface area (Å²) in [5, 5.41) is 0. The van der Waals surface area contributed by atoms with Crippen molar-refractivity contribution in [3.05, 3.63) is 65.7 Å². The fourth-order valence-corrected chi connectivity index (χ4v) is 7.19. The van der Waals surface area contributed by atoms with E-state index in [1.54, 1.807) is 36.4 Å². The molecule has 6 atom stereocenters. The summed E-state index contributed by atoms with van der Waals surface area (Å²) >= 11 is 0. The Hall–Kier alpha value is -5.58. The Bertz CT molecular complexity index is 1880. The number of likely N-dealkylation sites (N-methyl/N-ethyl adjacent to an activating group) is 3. The summed E-state index contributed by atoms with van der Waals surface area (Å²) in [6.45, 7) is 14.9. The lowest BCUT2D eigenvalue weighted by atomic mass is 9.98. The molecule has 17 heteroatoms. The Balaban J connectivity index is 1.94. The normalized spacial score (nSPS) is 15.7. The Kier molecular flexibility index (Phi) is 20.8. The second-order valence-corrected chi connectivity index (χ2v) is 18.0. The van der Waals surface area contributed by atoms with Crippen molar-refractivity contribution in [2.75, 3.05) is 52.3 Å². The second-order valence-electron chi connectivity index (χ2n) is 18.0. The molecule has 3 rings (SSSR count). The van der Waals surface area contributed by atoms with E-state index < -0.39 is 84.2 Å². The molecule has 1 heterocycles. The molecule has 0 saturated carbocycles. The van der Waals surface area contributed by atoms with Gasteiger partial charge in [0.25, 0.3) is 11.8 Å². The first kappa shape index (κ1) is 53.8. The third-order valence-corrected chi connectivity index (χ3v) is 10.9. The Labute approximate surface area is 383 Å². The van der Waals surface area contributed by atoms with E-state index in [1.807, 2.05) is 45.9 Å². The molecule has 0 unspecified atom stereocenters. The highest BCUT2D eigenvalue weighted by Crippen LogP contribution is 2.25. The summed E-state index contributed by atoms with van der Waals surface area (Å²) in [6.07, 6.45) is -4.29. The van der Waals surface area contributed by atoms with Crippen LogP contribution in [-0.4, -0.2) is 146 Å². The first-order valence-corrected chi connectivity index (χ1v) is 22.2. The predicted molar refractivity (Wildman–Crippen MR) is 240 cm³/mol. The van der Waals surface area contributed by atoms with Crippen LogP contribution >= 0.6 is 0 Å². The number of amides is 3. The summed E-state index contributed by atoms with van der Waals surface area (Å²) in [4.78, 5) is 99.7. The second kappa shape index (κ2) is 25.2. The van der Waals surface area contributed by atoms with Gasteiger partial charge in [-0.3, -0.25) is 14.4 Å². The smallest absolute Gasteiger partial charge is 0.347 e. The fourth-order valence-electron chi connectivity index (χ4n) is 7.19. The van der Waals surface area contributed by atoms with Crippen LogP contribution in [-0.2, 0) is 70.3 Å². The average Bonchev–Trinajstić information content (AvgIpc) is 3.27. The monoisotopic (exact) mass is 912 g/mol. The number of carbonyl (C=O) groups is 7. The molecule has 16 nitrogen and oxygen atoms in total. The number of ether oxygens (including phenoxy) is 5. The molecular formula is C48H69FN4O12. The van der Waals surface area contributed by atoms with Crippen molar-refractivity contribution in [1.82, 2.24) is 14.7 Å². The predicted octanol–water partition coefficient (Wildman–Crippen LogP) is 4.93. The molecule has 3 amide bonds. The molecule has 2 aromatic rings. The number of hydrogen-bond acceptors (Lipinski definition) is 13. The topological polar surface area (TPSA) is 179 Å². The molecule has 1 aliphatic rings. The fraction of sp³-hybridized carbons (Fsp3) is 0.604. The number of morpholine rings is 1. The van der Waals surface area contributed by atoms with Gasteiger partial charge in [-0.2, -0.15) is 0 Å². The van der Waals surface area contributed by atoms with Gasteiger partial charge < -0.3 is 43.3 Å². The minimum atomic E-state index is -2.04. The molecule has 1 fully saturated rings. The zero-order valence-electron chi connectivity index (χ0n) is 39.8. The molecule has 1 saturated heterocycles. The number of hydrogen-bond donors (Lipinski definition) is 0. The van der Waals surface area contributed by atoms with Gasteiger partial charge in [0.15, 0.2) is 18.3 Å². The highest BCUT2D eigenvalue weighted by atomic mass is 19.1. The molecule has 0 aliphatic carbocycles. The van der Waals surface area contributed by atoms with Crippen LogP contribution in [0.1, 0.15) is 85.8 Å². The van der Waals surface area contributed by atoms with Crippen molar-refractivity contribution < 1.29 is 61.6 Å². The standard InChI is InChI=1S/C48H69FN4O12/c1-31(2)25-38(50(9)30-54)45(58)63-33(5)42(55)52(11)40(28-48(7,8)49)47(60)65-41(27-35-17-19-37(20-18-35)53-21-23-61-24-22-53)43(56)51(10)39(26-32(3)4)46(59)64-34(6)44(57)62-29-36-15-13-12-14-16-36/h12-20,30-34,38-41H,21-29H2,1-11H3/t33-,34-,38+,39+,40+,41-/m1/s1. The van der Waals surface area contributed by atoms with Gasteiger partial charge in [0.05, 0.1) is 13.2 Å². The van der Waals surface area contributed by atoms with E-state index in [9.17, 15) is 33.6 Å². The lowest BCUT2D eigenvalue weighted by Gasteiger charge is -2.34. The Morgan fingerprint density at radius 1 is 0.692 bits per heavy atom. The maximum absolute atomic E-state index is 15.5. The average molecular weight is 913 g/mol. The van der Waals surface area contributed by atoms with Crippen LogP contribution in [0.4, 0.5) is 10.1 Å². The quantitative estimate of drug-likeness (QED) is 0.0788. The lowest BCUT2D eigenvalue weighted by Crippen LogP contribution is -2.53. The van der Waals surface area contributed by atoms with Gasteiger partial charge in [0, 0.05) is 52.8 Å². The summed E-state index contributed by atoms with van der Waals surface area (Å²) in [5.74, 6) is -5.47. The van der Waals surface area contributed by atoms with Gasteiger partial charge in [-0.1, -0.05) is 70.2 Å². The van der Waals surface area contributed by atoms with Crippen LogP contribution in [0.3, 0.4) is 0 Å². The number of rotatable bonds is 24. The van der Waals surface area contributed by atoms with Crippen LogP contribution in [0.15, 0.2) is 54.6 Å². The molecule has 0 bridgehead atoms. The van der Waals surface area contributed by atoms with Gasteiger partial charge in [0.1, 0.15) is 30.4 Å². The zero-order chi connectivity index (χ0) is 48.6. The van der Waals surface area contributed by atoms with E-state index in [2.05, 4.69) is 4.90 Å². The summed E-state index contributed by atoms with van der Waals surface area (Å²) < 4.78 is 43.4. The summed E-state index contributed by atoms with van der Waals surface area (Å²) in [5.41, 5.74) is 0.199. The highest BCUT2D eigenvalue weighted by Gasteiger charge is 2.41. The van der Waals surface area contributed by atoms with Gasteiger partial charge in [-0.05, 0) is 75.6 Å². The van der Waals surface area contributed by atoms with Crippen molar-refractivity contribution in [3.8, 4) is 0 Å². The number of benzene rings is 2. The van der Waals surface area contributed by atoms with Crippen molar-refractivity contribution in [2.24, 2.45) is 11.8 Å². The lowest BCUT2D eigenvalue weighted by molar-refractivity contribution is -0.175. The van der Waals surface area contributed by atoms with Crippen LogP contribution in [0.5, 0.6) is 0 Å². The molecule has 1 aliphatic heterocycles. The maximum atomic E-state index is 15.5. The summed E-state index contributed by atoms with van der Waals surface area (Å²) in [6, 6.07) is 12.4. The Morgan fingerprint density at radius 2 is 1.22 bits per heavy atom. The minimum Gasteiger partial charge on any atom is -0.458 e. The number of halogens is 1. The van der Waals surface area contributed by atoms with Crippen molar-refractivity contribution in [2.45, 2.75) is 130 Å². The molecule has 360 valence electrons. The molecule has 0 spiro atoms. The number of alkyl halides is 1. The van der Waals surface area contributed by atoms with Crippen LogP contribution in [0.2, 0.25) is 0 Å². The zero-order valence-corrected chi connectivity index (χ0v) is 39.8. The highest BCUT2D eigenvalue weighted by molar-refractivity contribution is 5.92. The first-order valence-electron chi connectivity index (χ1n) is 22.2. The number of esters is 4. The van der Waals surface area contributed by atoms with Crippen molar-refractivity contribution in [3.63, 3.8) is 0 Å². The van der Waals surface area contributed by atoms with Gasteiger partial charge in [-0.15, -0.1) is 0 Å². The third kappa shape index (κ3) is 17.1. The summed E-state index contributed by atoms with van der Waals surface area (Å²) in [7, 11) is 4.02. The first-order chi connectivity index (χ1) is 30.5. The van der Waals surface area contributed by atoms with E-state index >= 15 is 4.39 Å². The Morgan fingerprint density at radius 3 is 1.77 bits per heavy atom. The maximum Gasteiger partial charge on any atom is 0.347 e. The van der Waals surface area contributed by atoms with E-state index in [1.165, 1.54) is 48.8 Å². The minimum absolute atomic E-state index is 0.00389. The van der Waals surface area contributed by atoms with Crippen LogP contribution in [0, 0.1) is 11.8 Å². The van der Waals surface area contributed by atoms with E-state index in [0.29, 0.717) is 38.3 Å². The molecule has 2 aromatic carbocycles. The third-order valence-electron chi connectivity index (χ3n) is 10.9. The molecule has 65 heavy (non-hydrogen) atoms. The van der Waals surface area contributed by atoms with Gasteiger partial charge >= 0.3 is 23.9 Å². The number of carbonyl (C=O) groups excluding carboxylic acids is 7. The van der Waals surface area contributed by atoms with Gasteiger partial charge in [-0.25, -0.2) is 23.6 Å². The van der Waals surface area contributed by atoms with Crippen molar-refractivity contribution in [1.29, 1.82) is 0 Å². The van der Waals surface area contributed by atoms with Gasteiger partial charge in [0.2, 0.25) is 6.41 Å². The SMILES string of the molecule is CC(C)C[C@@H](C(=O)O[C@H](C)C(=O)N(C)[C@@H](CC(C)(C)F)C(=O)O[C@H](Cc1ccc(N2CCOCC2)cc1)C(=O)N(C)[C@@H](CC(C)C)C(=O)O[C@H](C)C(=O)OCc1ccccc1)N(C)C=O. The number of nitrogens with zero attached hydrogens (tertiary/aromatic N) is 4. The van der Waals surface area contributed by atoms with E-state index in [0.717, 1.165) is 26.0 Å².